The minimum absolute atomic E-state index is 0.407. The van der Waals surface area contributed by atoms with E-state index in [0.29, 0.717) is 5.02 Å². The van der Waals surface area contributed by atoms with Crippen molar-refractivity contribution in [1.82, 2.24) is 0 Å². The maximum atomic E-state index is 9.93. The van der Waals surface area contributed by atoms with E-state index in [1.165, 1.54) is 5.56 Å². The van der Waals surface area contributed by atoms with Crippen LogP contribution in [-0.2, 0) is 12.8 Å². The van der Waals surface area contributed by atoms with Gasteiger partial charge in [0, 0.05) is 22.6 Å². The van der Waals surface area contributed by atoms with Crippen LogP contribution in [0.25, 0.3) is 0 Å². The Morgan fingerprint density at radius 2 is 2.27 bits per heavy atom. The monoisotopic (exact) mass is 224 g/mol. The third-order valence-corrected chi connectivity index (χ3v) is 3.62. The fourth-order valence-electron chi connectivity index (χ4n) is 2.61. The number of fused-ring (bicyclic) bond motifs is 3. The van der Waals surface area contributed by atoms with Gasteiger partial charge in [0.1, 0.15) is 5.75 Å². The highest BCUT2D eigenvalue weighted by Gasteiger charge is 2.28. The number of rotatable bonds is 0. The lowest BCUT2D eigenvalue weighted by Crippen LogP contribution is -2.11. The summed E-state index contributed by atoms with van der Waals surface area (Å²) >= 11 is 6.21. The lowest BCUT2D eigenvalue weighted by atomic mass is 9.87. The van der Waals surface area contributed by atoms with E-state index in [4.69, 9.17) is 16.3 Å². The van der Waals surface area contributed by atoms with Crippen LogP contribution in [-0.4, -0.2) is 11.7 Å². The van der Waals surface area contributed by atoms with Crippen LogP contribution in [0.2, 0.25) is 5.02 Å². The summed E-state index contributed by atoms with van der Waals surface area (Å²) in [6, 6.07) is 1.96. The standard InChI is InChI=1S/C12H13ClO2/c13-9-6-7-4-5-15-12(7)8-2-1-3-10(14)11(8)9/h6,10,14H,1-5H2/t10-/m0/s1. The average molecular weight is 225 g/mol. The Morgan fingerprint density at radius 3 is 3.13 bits per heavy atom. The molecule has 1 aliphatic carbocycles. The Labute approximate surface area is 93.8 Å². The van der Waals surface area contributed by atoms with E-state index >= 15 is 0 Å². The van der Waals surface area contributed by atoms with Crippen molar-refractivity contribution in [3.63, 3.8) is 0 Å². The quantitative estimate of drug-likeness (QED) is 0.734. The molecule has 3 rings (SSSR count). The molecule has 0 amide bonds. The highest BCUT2D eigenvalue weighted by atomic mass is 35.5. The maximum Gasteiger partial charge on any atom is 0.126 e. The second kappa shape index (κ2) is 3.39. The van der Waals surface area contributed by atoms with Crippen LogP contribution in [0, 0.1) is 0 Å². The number of benzene rings is 1. The number of aliphatic hydroxyl groups is 1. The van der Waals surface area contributed by atoms with Crippen LogP contribution in [0.5, 0.6) is 5.75 Å². The van der Waals surface area contributed by atoms with Gasteiger partial charge in [-0.15, -0.1) is 0 Å². The third kappa shape index (κ3) is 1.35. The van der Waals surface area contributed by atoms with Crippen LogP contribution >= 0.6 is 11.6 Å². The Morgan fingerprint density at radius 1 is 1.40 bits per heavy atom. The smallest absolute Gasteiger partial charge is 0.126 e. The lowest BCUT2D eigenvalue weighted by molar-refractivity contribution is 0.155. The maximum absolute atomic E-state index is 9.93. The molecule has 0 saturated carbocycles. The van der Waals surface area contributed by atoms with Gasteiger partial charge in [0.2, 0.25) is 0 Å². The highest BCUT2D eigenvalue weighted by molar-refractivity contribution is 6.31. The number of halogens is 1. The molecule has 15 heavy (non-hydrogen) atoms. The first-order valence-corrected chi connectivity index (χ1v) is 5.80. The zero-order valence-electron chi connectivity index (χ0n) is 8.42. The SMILES string of the molecule is O[C@H]1CCCc2c3c(cc(Cl)c21)CCO3. The van der Waals surface area contributed by atoms with Gasteiger partial charge in [-0.1, -0.05) is 11.6 Å². The summed E-state index contributed by atoms with van der Waals surface area (Å²) in [4.78, 5) is 0. The van der Waals surface area contributed by atoms with E-state index in [-0.39, 0.29) is 0 Å². The van der Waals surface area contributed by atoms with Crippen molar-refractivity contribution < 1.29 is 9.84 Å². The molecule has 0 spiro atoms. The van der Waals surface area contributed by atoms with Gasteiger partial charge < -0.3 is 9.84 Å². The molecule has 80 valence electrons. The zero-order chi connectivity index (χ0) is 10.4. The van der Waals surface area contributed by atoms with E-state index < -0.39 is 6.10 Å². The van der Waals surface area contributed by atoms with Gasteiger partial charge in [-0.05, 0) is 30.9 Å². The van der Waals surface area contributed by atoms with Crippen molar-refractivity contribution in [2.45, 2.75) is 31.8 Å². The first-order chi connectivity index (χ1) is 7.27. The molecule has 0 radical (unpaired) electrons. The number of hydrogen-bond acceptors (Lipinski definition) is 2. The van der Waals surface area contributed by atoms with Crippen LogP contribution in [0.1, 0.15) is 35.6 Å². The Balaban J connectivity index is 2.24. The Hall–Kier alpha value is -0.730. The summed E-state index contributed by atoms with van der Waals surface area (Å²) in [5.41, 5.74) is 3.25. The van der Waals surface area contributed by atoms with Gasteiger partial charge in [0.25, 0.3) is 0 Å². The summed E-state index contributed by atoms with van der Waals surface area (Å²) in [6.45, 7) is 0.748. The topological polar surface area (TPSA) is 29.5 Å². The molecule has 0 bridgehead atoms. The second-order valence-electron chi connectivity index (χ2n) is 4.25. The van der Waals surface area contributed by atoms with E-state index in [1.54, 1.807) is 0 Å². The van der Waals surface area contributed by atoms with Crippen molar-refractivity contribution in [3.05, 3.63) is 27.8 Å². The molecule has 0 saturated heterocycles. The molecule has 1 N–H and O–H groups in total. The normalized spacial score (nSPS) is 23.2. The molecule has 0 fully saturated rings. The molecule has 2 aliphatic rings. The van der Waals surface area contributed by atoms with Gasteiger partial charge >= 0.3 is 0 Å². The fraction of sp³-hybridized carbons (Fsp3) is 0.500. The molecule has 1 heterocycles. The van der Waals surface area contributed by atoms with Crippen LogP contribution in [0.4, 0.5) is 0 Å². The summed E-state index contributed by atoms with van der Waals surface area (Å²) in [5, 5.41) is 10.6. The minimum atomic E-state index is -0.407. The zero-order valence-corrected chi connectivity index (χ0v) is 9.18. The molecule has 0 unspecified atom stereocenters. The van der Waals surface area contributed by atoms with Crippen molar-refractivity contribution >= 4 is 11.6 Å². The summed E-state index contributed by atoms with van der Waals surface area (Å²) < 4.78 is 5.63. The first kappa shape index (κ1) is 9.49. The van der Waals surface area contributed by atoms with Crippen LogP contribution in [0.15, 0.2) is 6.07 Å². The predicted molar refractivity (Wildman–Crippen MR) is 58.5 cm³/mol. The number of hydrogen-bond donors (Lipinski definition) is 1. The molecule has 1 aromatic rings. The van der Waals surface area contributed by atoms with Crippen LogP contribution < -0.4 is 4.74 Å². The average Bonchev–Trinajstić information content (AvgIpc) is 2.65. The third-order valence-electron chi connectivity index (χ3n) is 3.30. The molecule has 3 heteroatoms. The lowest BCUT2D eigenvalue weighted by Gasteiger charge is -2.24. The molecular formula is C12H13ClO2. The van der Waals surface area contributed by atoms with Gasteiger partial charge in [0.15, 0.2) is 0 Å². The van der Waals surface area contributed by atoms with E-state index in [0.717, 1.165) is 49.2 Å². The minimum Gasteiger partial charge on any atom is -0.493 e. The summed E-state index contributed by atoms with van der Waals surface area (Å²) in [6.07, 6.45) is 3.35. The van der Waals surface area contributed by atoms with Crippen molar-refractivity contribution in [2.75, 3.05) is 6.61 Å². The fourth-order valence-corrected chi connectivity index (χ4v) is 2.98. The first-order valence-electron chi connectivity index (χ1n) is 5.42. The van der Waals surface area contributed by atoms with E-state index in [2.05, 4.69) is 0 Å². The molecule has 1 aliphatic heterocycles. The van der Waals surface area contributed by atoms with Crippen molar-refractivity contribution in [3.8, 4) is 5.75 Å². The molecule has 0 aromatic heterocycles. The van der Waals surface area contributed by atoms with Crippen LogP contribution in [0.3, 0.4) is 0 Å². The molecule has 2 nitrogen and oxygen atoms in total. The summed E-state index contributed by atoms with van der Waals surface area (Å²) in [7, 11) is 0. The highest BCUT2D eigenvalue weighted by Crippen LogP contribution is 2.43. The van der Waals surface area contributed by atoms with Gasteiger partial charge in [-0.3, -0.25) is 0 Å². The van der Waals surface area contributed by atoms with E-state index in [9.17, 15) is 5.11 Å². The number of ether oxygens (including phenoxy) is 1. The summed E-state index contributed by atoms with van der Waals surface area (Å²) in [5.74, 6) is 0.994. The van der Waals surface area contributed by atoms with Crippen molar-refractivity contribution in [1.29, 1.82) is 0 Å². The van der Waals surface area contributed by atoms with Gasteiger partial charge in [0.05, 0.1) is 12.7 Å². The van der Waals surface area contributed by atoms with Crippen molar-refractivity contribution in [2.24, 2.45) is 0 Å². The Kier molecular flexibility index (Phi) is 2.15. The second-order valence-corrected chi connectivity index (χ2v) is 4.65. The molecular weight excluding hydrogens is 212 g/mol. The van der Waals surface area contributed by atoms with Gasteiger partial charge in [-0.25, -0.2) is 0 Å². The predicted octanol–water partition coefficient (Wildman–Crippen LogP) is 2.64. The Bertz CT molecular complexity index is 415. The van der Waals surface area contributed by atoms with E-state index in [1.807, 2.05) is 6.07 Å². The molecule has 1 aromatic carbocycles. The van der Waals surface area contributed by atoms with Gasteiger partial charge in [-0.2, -0.15) is 0 Å². The number of aliphatic hydroxyl groups excluding tert-OH is 1. The molecule has 1 atom stereocenters. The largest absolute Gasteiger partial charge is 0.493 e.